The lowest BCUT2D eigenvalue weighted by Gasteiger charge is -2.24. The Bertz CT molecular complexity index is 784. The predicted molar refractivity (Wildman–Crippen MR) is 86.3 cm³/mol. The first kappa shape index (κ1) is 16.3. The van der Waals surface area contributed by atoms with Gasteiger partial charge in [0, 0.05) is 0 Å². The molecule has 0 amide bonds. The molecule has 0 aliphatic heterocycles. The number of esters is 1. The van der Waals surface area contributed by atoms with Crippen LogP contribution in [0.1, 0.15) is 27.6 Å². The Kier molecular flexibility index (Phi) is 5.17. The van der Waals surface area contributed by atoms with Crippen molar-refractivity contribution in [3.63, 3.8) is 0 Å². The molecule has 1 unspecified atom stereocenters. The molecule has 0 spiro atoms. The molecule has 23 heavy (non-hydrogen) atoms. The molecule has 0 aromatic heterocycles. The lowest BCUT2D eigenvalue weighted by atomic mass is 9.99. The third-order valence-corrected chi connectivity index (χ3v) is 5.13. The molecule has 1 atom stereocenters. The van der Waals surface area contributed by atoms with E-state index in [0.717, 1.165) is 18.2 Å². The van der Waals surface area contributed by atoms with Gasteiger partial charge in [0.2, 0.25) is 10.0 Å². The van der Waals surface area contributed by atoms with Crippen LogP contribution in [0.25, 0.3) is 0 Å². The highest BCUT2D eigenvalue weighted by atomic mass is 35.5. The number of carbonyl (C=O) groups excluding carboxylic acids is 1. The zero-order chi connectivity index (χ0) is 18.0. The smallest absolute Gasteiger partial charge is 0.335 e. The standard InChI is InChI=1S/C15H17ClFNO4S/c1-2-22-15(19)11-5-3-4-6-14(11)23(20,21)18-13-8-7-10(17)9-12(13)16/h5,7-9,14,18H,2-4,6H2,1H3/i14D. The van der Waals surface area contributed by atoms with Crippen molar-refractivity contribution in [2.75, 3.05) is 11.3 Å². The van der Waals surface area contributed by atoms with Crippen LogP contribution in [0.3, 0.4) is 0 Å². The number of hydrogen-bond acceptors (Lipinski definition) is 4. The summed E-state index contributed by atoms with van der Waals surface area (Å²) < 4.78 is 54.0. The molecule has 0 radical (unpaired) electrons. The number of carbonyl (C=O) groups is 1. The number of rotatable bonds is 5. The minimum absolute atomic E-state index is 0.0570. The Labute approximate surface area is 140 Å². The Morgan fingerprint density at radius 3 is 2.96 bits per heavy atom. The number of allylic oxidation sites excluding steroid dienone is 1. The van der Waals surface area contributed by atoms with Crippen LogP contribution in [-0.4, -0.2) is 26.2 Å². The number of anilines is 1. The zero-order valence-electron chi connectivity index (χ0n) is 13.4. The van der Waals surface area contributed by atoms with E-state index in [1.165, 1.54) is 6.08 Å². The molecule has 5 nitrogen and oxygen atoms in total. The summed E-state index contributed by atoms with van der Waals surface area (Å²) in [5, 5.41) is -2.34. The summed E-state index contributed by atoms with van der Waals surface area (Å²) in [6.45, 7) is 1.67. The summed E-state index contributed by atoms with van der Waals surface area (Å²) in [6, 6.07) is 3.16. The Balaban J connectivity index is 2.39. The van der Waals surface area contributed by atoms with E-state index in [2.05, 4.69) is 4.72 Å². The van der Waals surface area contributed by atoms with Gasteiger partial charge >= 0.3 is 5.97 Å². The largest absolute Gasteiger partial charge is 0.463 e. The normalized spacial score (nSPS) is 22.0. The van der Waals surface area contributed by atoms with Crippen LogP contribution in [0.4, 0.5) is 10.1 Å². The summed E-state index contributed by atoms with van der Waals surface area (Å²) in [6.07, 6.45) is 2.28. The summed E-state index contributed by atoms with van der Waals surface area (Å²) in [4.78, 5) is 12.0. The topological polar surface area (TPSA) is 72.5 Å². The quantitative estimate of drug-likeness (QED) is 0.816. The monoisotopic (exact) mass is 362 g/mol. The van der Waals surface area contributed by atoms with Crippen LogP contribution in [0, 0.1) is 5.82 Å². The number of nitrogens with one attached hydrogen (secondary N) is 1. The van der Waals surface area contributed by atoms with E-state index >= 15 is 0 Å². The molecule has 1 aromatic carbocycles. The molecule has 8 heteroatoms. The Morgan fingerprint density at radius 1 is 1.57 bits per heavy atom. The number of hydrogen-bond donors (Lipinski definition) is 1. The van der Waals surface area contributed by atoms with Crippen LogP contribution in [-0.2, 0) is 19.6 Å². The average Bonchev–Trinajstić information content (AvgIpc) is 2.50. The number of sulfonamides is 1. The second kappa shape index (κ2) is 7.31. The van der Waals surface area contributed by atoms with Crippen molar-refractivity contribution in [1.82, 2.24) is 0 Å². The van der Waals surface area contributed by atoms with Crippen LogP contribution < -0.4 is 4.72 Å². The molecular weight excluding hydrogens is 345 g/mol. The second-order valence-electron chi connectivity index (χ2n) is 4.88. The highest BCUT2D eigenvalue weighted by Gasteiger charge is 2.35. The summed E-state index contributed by atoms with van der Waals surface area (Å²) in [7, 11) is -4.34. The van der Waals surface area contributed by atoms with Crippen molar-refractivity contribution in [2.45, 2.75) is 31.4 Å². The van der Waals surface area contributed by atoms with Gasteiger partial charge in [-0.05, 0) is 44.4 Å². The van der Waals surface area contributed by atoms with E-state index in [1.807, 2.05) is 0 Å². The van der Waals surface area contributed by atoms with E-state index < -0.39 is 27.0 Å². The molecule has 1 N–H and O–H groups in total. The average molecular weight is 363 g/mol. The van der Waals surface area contributed by atoms with Crippen LogP contribution >= 0.6 is 11.6 Å². The minimum Gasteiger partial charge on any atom is -0.463 e. The third kappa shape index (κ3) is 4.23. The first-order chi connectivity index (χ1) is 11.2. The highest BCUT2D eigenvalue weighted by Crippen LogP contribution is 2.30. The SMILES string of the molecule is [2H]C1(S(=O)(=O)Nc2ccc(F)cc2Cl)CCCC=C1C(=O)OCC. The maximum atomic E-state index is 13.1. The van der Waals surface area contributed by atoms with Gasteiger partial charge in [-0.25, -0.2) is 17.6 Å². The number of halogens is 2. The van der Waals surface area contributed by atoms with Crippen LogP contribution in [0.5, 0.6) is 0 Å². The zero-order valence-corrected chi connectivity index (χ0v) is 14.0. The molecule has 2 rings (SSSR count). The van der Waals surface area contributed by atoms with Gasteiger partial charge in [0.1, 0.15) is 11.0 Å². The molecule has 126 valence electrons. The van der Waals surface area contributed by atoms with Gasteiger partial charge in [-0.2, -0.15) is 0 Å². The summed E-state index contributed by atoms with van der Waals surface area (Å²) in [5.41, 5.74) is -0.278. The lowest BCUT2D eigenvalue weighted by Crippen LogP contribution is -2.34. The van der Waals surface area contributed by atoms with Crippen LogP contribution in [0.15, 0.2) is 29.8 Å². The molecule has 1 aliphatic rings. The van der Waals surface area contributed by atoms with Crippen molar-refractivity contribution in [1.29, 1.82) is 0 Å². The van der Waals surface area contributed by atoms with Gasteiger partial charge < -0.3 is 4.74 Å². The van der Waals surface area contributed by atoms with Gasteiger partial charge in [0.15, 0.2) is 0 Å². The molecule has 0 heterocycles. The molecule has 0 saturated heterocycles. The van der Waals surface area contributed by atoms with E-state index in [0.29, 0.717) is 12.8 Å². The molecule has 0 bridgehead atoms. The van der Waals surface area contributed by atoms with E-state index in [-0.39, 0.29) is 29.3 Å². The van der Waals surface area contributed by atoms with Gasteiger partial charge in [-0.3, -0.25) is 4.72 Å². The van der Waals surface area contributed by atoms with E-state index in [4.69, 9.17) is 17.7 Å². The fourth-order valence-corrected chi connectivity index (χ4v) is 3.95. The van der Waals surface area contributed by atoms with E-state index in [1.54, 1.807) is 6.92 Å². The first-order valence-corrected chi connectivity index (χ1v) is 8.92. The van der Waals surface area contributed by atoms with Gasteiger partial charge in [0.05, 0.1) is 24.3 Å². The van der Waals surface area contributed by atoms with Crippen molar-refractivity contribution < 1.29 is 23.7 Å². The lowest BCUT2D eigenvalue weighted by molar-refractivity contribution is -0.138. The van der Waals surface area contributed by atoms with Crippen molar-refractivity contribution >= 4 is 33.3 Å². The second-order valence-corrected chi connectivity index (χ2v) is 6.99. The summed E-state index contributed by atoms with van der Waals surface area (Å²) >= 11 is 5.83. The van der Waals surface area contributed by atoms with Gasteiger partial charge in [0.25, 0.3) is 0 Å². The van der Waals surface area contributed by atoms with Crippen LogP contribution in [0.2, 0.25) is 5.02 Å². The van der Waals surface area contributed by atoms with Crippen molar-refractivity contribution in [3.05, 3.63) is 40.7 Å². The molecule has 1 aliphatic carbocycles. The fraction of sp³-hybridized carbons (Fsp3) is 0.400. The van der Waals surface area contributed by atoms with Crippen molar-refractivity contribution in [2.24, 2.45) is 0 Å². The maximum absolute atomic E-state index is 13.1. The third-order valence-electron chi connectivity index (χ3n) is 3.25. The molecule has 1 aromatic rings. The Hall–Kier alpha value is -1.60. The molecule has 0 fully saturated rings. The van der Waals surface area contributed by atoms with Gasteiger partial charge in [-0.1, -0.05) is 17.7 Å². The van der Waals surface area contributed by atoms with E-state index in [9.17, 15) is 17.6 Å². The number of benzene rings is 1. The fourth-order valence-electron chi connectivity index (χ4n) is 2.22. The predicted octanol–water partition coefficient (Wildman–Crippen LogP) is 3.26. The van der Waals surface area contributed by atoms with Crippen molar-refractivity contribution in [3.8, 4) is 0 Å². The number of ether oxygens (including phenoxy) is 1. The minimum atomic E-state index is -4.34. The first-order valence-electron chi connectivity index (χ1n) is 7.56. The maximum Gasteiger partial charge on any atom is 0.335 e. The highest BCUT2D eigenvalue weighted by molar-refractivity contribution is 7.93. The Morgan fingerprint density at radius 2 is 2.30 bits per heavy atom. The van der Waals surface area contributed by atoms with Gasteiger partial charge in [-0.15, -0.1) is 0 Å². The summed E-state index contributed by atoms with van der Waals surface area (Å²) in [5.74, 6) is -1.45. The molecular formula is C15H17ClFNO4S. The molecule has 0 saturated carbocycles.